The number of hydrogen-bond acceptors (Lipinski definition) is 2. The van der Waals surface area contributed by atoms with Crippen molar-refractivity contribution in [3.63, 3.8) is 0 Å². The maximum absolute atomic E-state index is 10.8. The van der Waals surface area contributed by atoms with E-state index in [-0.39, 0.29) is 5.12 Å². The van der Waals surface area contributed by atoms with E-state index in [1.54, 1.807) is 6.92 Å². The number of carbonyl (C=O) groups is 1. The Morgan fingerprint density at radius 1 is 1.33 bits per heavy atom. The van der Waals surface area contributed by atoms with Gasteiger partial charge in [-0.25, -0.2) is 0 Å². The zero-order chi connectivity index (χ0) is 9.14. The van der Waals surface area contributed by atoms with Gasteiger partial charge in [0, 0.05) is 20.8 Å². The van der Waals surface area contributed by atoms with Crippen molar-refractivity contribution in [3.05, 3.63) is 27.1 Å². The lowest BCUT2D eigenvalue weighted by atomic mass is 10.4. The maximum atomic E-state index is 10.8. The largest absolute Gasteiger partial charge is 0.287 e. The third-order valence-corrected chi connectivity index (χ3v) is 3.94. The molecule has 1 aromatic carbocycles. The Hall–Kier alpha value is 0.200. The smallest absolute Gasteiger partial charge is 0.190 e. The number of carbonyl (C=O) groups excluding carboxylic acids is 1. The number of halogens is 2. The zero-order valence-corrected chi connectivity index (χ0v) is 10.3. The van der Waals surface area contributed by atoms with E-state index in [1.807, 2.05) is 18.2 Å². The van der Waals surface area contributed by atoms with Gasteiger partial charge in [-0.1, -0.05) is 6.07 Å². The number of rotatable bonds is 1. The molecule has 0 amide bonds. The molecule has 0 spiro atoms. The van der Waals surface area contributed by atoms with Crippen molar-refractivity contribution in [2.24, 2.45) is 0 Å². The Balaban J connectivity index is 3.04. The van der Waals surface area contributed by atoms with Gasteiger partial charge in [-0.05, 0) is 55.8 Å². The van der Waals surface area contributed by atoms with Crippen LogP contribution < -0.4 is 0 Å². The summed E-state index contributed by atoms with van der Waals surface area (Å²) in [6.07, 6.45) is 0. The topological polar surface area (TPSA) is 17.1 Å². The zero-order valence-electron chi connectivity index (χ0n) is 6.30. The molecule has 1 aromatic rings. The third-order valence-electron chi connectivity index (χ3n) is 1.16. The number of thioether (sulfide) groups is 1. The summed E-state index contributed by atoms with van der Waals surface area (Å²) in [5.41, 5.74) is 0. The summed E-state index contributed by atoms with van der Waals surface area (Å²) in [5, 5.41) is 0.0857. The van der Waals surface area contributed by atoms with Gasteiger partial charge >= 0.3 is 0 Å². The first kappa shape index (κ1) is 10.3. The van der Waals surface area contributed by atoms with Crippen LogP contribution in [0.1, 0.15) is 6.92 Å². The van der Waals surface area contributed by atoms with Gasteiger partial charge in [-0.3, -0.25) is 4.79 Å². The van der Waals surface area contributed by atoms with Gasteiger partial charge < -0.3 is 0 Å². The Morgan fingerprint density at radius 2 is 1.83 bits per heavy atom. The third kappa shape index (κ3) is 2.61. The summed E-state index contributed by atoms with van der Waals surface area (Å²) in [5.74, 6) is 0. The molecule has 0 atom stereocenters. The normalized spacial score (nSPS) is 9.92. The molecule has 0 aromatic heterocycles. The van der Waals surface area contributed by atoms with Gasteiger partial charge in [0.05, 0.1) is 0 Å². The van der Waals surface area contributed by atoms with Crippen molar-refractivity contribution < 1.29 is 4.79 Å². The molecule has 1 rings (SSSR count). The summed E-state index contributed by atoms with van der Waals surface area (Å²) < 4.78 is 1.88. The van der Waals surface area contributed by atoms with Gasteiger partial charge in [0.2, 0.25) is 0 Å². The molecule has 0 saturated carbocycles. The Kier molecular flexibility index (Phi) is 3.80. The van der Waals surface area contributed by atoms with E-state index in [9.17, 15) is 4.79 Å². The Morgan fingerprint density at radius 3 is 2.25 bits per heavy atom. The van der Waals surface area contributed by atoms with Crippen LogP contribution in [-0.4, -0.2) is 5.12 Å². The second-order valence-electron chi connectivity index (χ2n) is 2.14. The molecule has 4 heteroatoms. The van der Waals surface area contributed by atoms with Gasteiger partial charge in [-0.2, -0.15) is 0 Å². The van der Waals surface area contributed by atoms with E-state index in [1.165, 1.54) is 11.8 Å². The summed E-state index contributed by atoms with van der Waals surface area (Å²) in [4.78, 5) is 11.8. The van der Waals surface area contributed by atoms with Crippen molar-refractivity contribution in [1.29, 1.82) is 0 Å². The van der Waals surface area contributed by atoms with Crippen molar-refractivity contribution in [3.8, 4) is 0 Å². The second-order valence-corrected chi connectivity index (χ2v) is 5.04. The molecule has 0 bridgehead atoms. The van der Waals surface area contributed by atoms with Crippen LogP contribution in [0.15, 0.2) is 32.0 Å². The van der Waals surface area contributed by atoms with E-state index >= 15 is 0 Å². The molecule has 0 aliphatic rings. The van der Waals surface area contributed by atoms with E-state index in [2.05, 4.69) is 31.9 Å². The van der Waals surface area contributed by atoms with Crippen LogP contribution in [-0.2, 0) is 4.79 Å². The minimum absolute atomic E-state index is 0.0857. The Bertz CT molecular complexity index is 292. The summed E-state index contributed by atoms with van der Waals surface area (Å²) in [6, 6.07) is 5.74. The van der Waals surface area contributed by atoms with Crippen LogP contribution >= 0.6 is 43.6 Å². The quantitative estimate of drug-likeness (QED) is 0.733. The lowest BCUT2D eigenvalue weighted by Gasteiger charge is -2.02. The second kappa shape index (κ2) is 4.44. The first-order valence-corrected chi connectivity index (χ1v) is 5.64. The molecule has 0 fully saturated rings. The molecule has 0 saturated heterocycles. The lowest BCUT2D eigenvalue weighted by molar-refractivity contribution is -0.109. The molecule has 0 heterocycles. The summed E-state index contributed by atoms with van der Waals surface area (Å²) in [7, 11) is 0. The van der Waals surface area contributed by atoms with Crippen LogP contribution in [0.4, 0.5) is 0 Å². The molecular formula is C8H6Br2OS. The minimum Gasteiger partial charge on any atom is -0.287 e. The van der Waals surface area contributed by atoms with Crippen LogP contribution in [0.3, 0.4) is 0 Å². The maximum Gasteiger partial charge on any atom is 0.190 e. The fourth-order valence-corrected chi connectivity index (χ4v) is 2.83. The van der Waals surface area contributed by atoms with Crippen LogP contribution in [0, 0.1) is 0 Å². The highest BCUT2D eigenvalue weighted by Gasteiger charge is 2.06. The number of benzene rings is 1. The monoisotopic (exact) mass is 308 g/mol. The van der Waals surface area contributed by atoms with E-state index in [4.69, 9.17) is 0 Å². The molecule has 0 unspecified atom stereocenters. The number of hydrogen-bond donors (Lipinski definition) is 0. The fraction of sp³-hybridized carbons (Fsp3) is 0.125. The van der Waals surface area contributed by atoms with Gasteiger partial charge in [-0.15, -0.1) is 0 Å². The van der Waals surface area contributed by atoms with E-state index in [0.717, 1.165) is 13.8 Å². The molecule has 0 N–H and O–H groups in total. The minimum atomic E-state index is 0.0857. The summed E-state index contributed by atoms with van der Waals surface area (Å²) in [6.45, 7) is 1.55. The average molecular weight is 310 g/mol. The molecule has 0 radical (unpaired) electrons. The molecule has 0 aliphatic carbocycles. The lowest BCUT2D eigenvalue weighted by Crippen LogP contribution is -1.83. The SMILES string of the molecule is CC(=O)Sc1c(Br)cccc1Br. The van der Waals surface area contributed by atoms with Gasteiger partial charge in [0.25, 0.3) is 0 Å². The first-order chi connectivity index (χ1) is 5.61. The molecule has 0 aliphatic heterocycles. The van der Waals surface area contributed by atoms with Crippen LogP contribution in [0.2, 0.25) is 0 Å². The standard InChI is InChI=1S/C8H6Br2OS/c1-5(11)12-8-6(9)3-2-4-7(8)10/h2-4H,1H3. The van der Waals surface area contributed by atoms with E-state index < -0.39 is 0 Å². The summed E-state index contributed by atoms with van der Waals surface area (Å²) >= 11 is 7.96. The van der Waals surface area contributed by atoms with E-state index in [0.29, 0.717) is 0 Å². The predicted octanol–water partition coefficient (Wildman–Crippen LogP) is 3.85. The van der Waals surface area contributed by atoms with Crippen molar-refractivity contribution in [1.82, 2.24) is 0 Å². The van der Waals surface area contributed by atoms with Crippen LogP contribution in [0.25, 0.3) is 0 Å². The molecule has 1 nitrogen and oxygen atoms in total. The van der Waals surface area contributed by atoms with Gasteiger partial charge in [0.1, 0.15) is 0 Å². The molecular weight excluding hydrogens is 304 g/mol. The highest BCUT2D eigenvalue weighted by Crippen LogP contribution is 2.34. The molecule has 64 valence electrons. The first-order valence-electron chi connectivity index (χ1n) is 3.23. The van der Waals surface area contributed by atoms with Crippen molar-refractivity contribution in [2.75, 3.05) is 0 Å². The highest BCUT2D eigenvalue weighted by atomic mass is 79.9. The average Bonchev–Trinajstić information content (AvgIpc) is 1.97. The predicted molar refractivity (Wildman–Crippen MR) is 58.4 cm³/mol. The van der Waals surface area contributed by atoms with Gasteiger partial charge in [0.15, 0.2) is 5.12 Å². The molecule has 12 heavy (non-hydrogen) atoms. The highest BCUT2D eigenvalue weighted by molar-refractivity contribution is 9.11. The fourth-order valence-electron chi connectivity index (χ4n) is 0.724. The Labute approximate surface area is 92.2 Å². The van der Waals surface area contributed by atoms with Crippen molar-refractivity contribution in [2.45, 2.75) is 11.8 Å². The van der Waals surface area contributed by atoms with Crippen molar-refractivity contribution >= 4 is 48.7 Å². The van der Waals surface area contributed by atoms with Crippen LogP contribution in [0.5, 0.6) is 0 Å².